The van der Waals surface area contributed by atoms with E-state index in [1.165, 1.54) is 18.2 Å². The highest BCUT2D eigenvalue weighted by Crippen LogP contribution is 2.30. The summed E-state index contributed by atoms with van der Waals surface area (Å²) in [6.45, 7) is 0.387. The van der Waals surface area contributed by atoms with Gasteiger partial charge in [-0.3, -0.25) is 0 Å². The van der Waals surface area contributed by atoms with Crippen molar-refractivity contribution in [1.29, 1.82) is 0 Å². The Balaban J connectivity index is 0.00000306. The van der Waals surface area contributed by atoms with Crippen molar-refractivity contribution in [2.45, 2.75) is 12.3 Å². The first-order valence-electron chi connectivity index (χ1n) is 9.24. The average Bonchev–Trinajstić information content (AvgIpc) is 3.12. The van der Waals surface area contributed by atoms with Gasteiger partial charge in [-0.05, 0) is 40.2 Å². The van der Waals surface area contributed by atoms with Gasteiger partial charge in [0.2, 0.25) is 10.0 Å². The maximum atomic E-state index is 12.6. The number of benzene rings is 2. The van der Waals surface area contributed by atoms with Gasteiger partial charge >= 0.3 is 0 Å². The van der Waals surface area contributed by atoms with Crippen LogP contribution in [0.4, 0.5) is 5.82 Å². The number of nitrogens with zero attached hydrogens (tertiary/aromatic N) is 3. The summed E-state index contributed by atoms with van der Waals surface area (Å²) >= 11 is 21.7. The Labute approximate surface area is 215 Å². The van der Waals surface area contributed by atoms with E-state index >= 15 is 0 Å². The lowest BCUT2D eigenvalue weighted by Crippen LogP contribution is -2.29. The van der Waals surface area contributed by atoms with Crippen LogP contribution in [0.3, 0.4) is 0 Å². The Morgan fingerprint density at radius 3 is 2.48 bits per heavy atom. The predicted octanol–water partition coefficient (Wildman–Crippen LogP) is 6.15. The Kier molecular flexibility index (Phi) is 8.26. The minimum absolute atomic E-state index is 0. The predicted molar refractivity (Wildman–Crippen MR) is 138 cm³/mol. The molecular formula is C21H19BrCl3N5O2S. The molecule has 0 saturated heterocycles. The summed E-state index contributed by atoms with van der Waals surface area (Å²) in [6, 6.07) is 13.4. The highest BCUT2D eigenvalue weighted by molar-refractivity contribution is 9.10. The van der Waals surface area contributed by atoms with E-state index in [0.717, 1.165) is 5.56 Å². The molecule has 2 aromatic carbocycles. The molecule has 0 aliphatic rings. The van der Waals surface area contributed by atoms with Gasteiger partial charge in [-0.1, -0.05) is 60.4 Å². The first-order chi connectivity index (χ1) is 15.3. The third-order valence-corrected chi connectivity index (χ3v) is 7.55. The van der Waals surface area contributed by atoms with E-state index in [-0.39, 0.29) is 30.4 Å². The van der Waals surface area contributed by atoms with Crippen molar-refractivity contribution in [2.24, 2.45) is 0 Å². The molecule has 0 fully saturated rings. The molecule has 0 aliphatic heterocycles. The van der Waals surface area contributed by atoms with Gasteiger partial charge in [-0.25, -0.2) is 18.1 Å². The van der Waals surface area contributed by atoms with E-state index in [1.807, 2.05) is 18.2 Å². The zero-order chi connectivity index (χ0) is 22.9. The summed E-state index contributed by atoms with van der Waals surface area (Å²) < 4.78 is 30.0. The first-order valence-corrected chi connectivity index (χ1v) is 12.6. The second-order valence-electron chi connectivity index (χ2n) is 6.63. The van der Waals surface area contributed by atoms with Crippen LogP contribution in [0.25, 0.3) is 16.9 Å². The van der Waals surface area contributed by atoms with Gasteiger partial charge in [0.25, 0.3) is 0 Å². The maximum absolute atomic E-state index is 12.6. The smallest absolute Gasteiger partial charge is 0.242 e. The van der Waals surface area contributed by atoms with Gasteiger partial charge < -0.3 is 5.32 Å². The maximum Gasteiger partial charge on any atom is 0.242 e. The number of halogens is 4. The molecule has 174 valence electrons. The SMILES string of the molecule is C.O=S(=O)(NCCNc1cc(-c2ccccc2Cl)nc2c(Br)cnn12)c1ccc(Cl)cc1Cl. The topological polar surface area (TPSA) is 88.4 Å². The van der Waals surface area contributed by atoms with E-state index in [2.05, 4.69) is 36.1 Å². The number of fused-ring (bicyclic) bond motifs is 1. The number of rotatable bonds is 7. The van der Waals surface area contributed by atoms with E-state index in [1.54, 1.807) is 22.8 Å². The largest absolute Gasteiger partial charge is 0.369 e. The number of nitrogens with one attached hydrogen (secondary N) is 2. The molecule has 2 N–H and O–H groups in total. The highest BCUT2D eigenvalue weighted by atomic mass is 79.9. The molecule has 4 rings (SSSR count). The van der Waals surface area contributed by atoms with Crippen LogP contribution in [-0.4, -0.2) is 36.1 Å². The van der Waals surface area contributed by atoms with E-state index in [4.69, 9.17) is 34.8 Å². The summed E-state index contributed by atoms with van der Waals surface area (Å²) in [7, 11) is -3.80. The van der Waals surface area contributed by atoms with Crippen molar-refractivity contribution < 1.29 is 8.42 Å². The molecule has 33 heavy (non-hydrogen) atoms. The molecule has 0 unspecified atom stereocenters. The molecule has 0 atom stereocenters. The first kappa shape index (κ1) is 25.7. The van der Waals surface area contributed by atoms with Crippen LogP contribution in [-0.2, 0) is 10.0 Å². The van der Waals surface area contributed by atoms with E-state index in [9.17, 15) is 8.42 Å². The van der Waals surface area contributed by atoms with Crippen LogP contribution in [0, 0.1) is 0 Å². The van der Waals surface area contributed by atoms with Crippen LogP contribution in [0.15, 0.2) is 64.1 Å². The van der Waals surface area contributed by atoms with Gasteiger partial charge in [0, 0.05) is 34.8 Å². The number of sulfonamides is 1. The molecule has 0 amide bonds. The molecule has 0 bridgehead atoms. The van der Waals surface area contributed by atoms with Gasteiger partial charge in [0.15, 0.2) is 5.65 Å². The fraction of sp³-hybridized carbons (Fsp3) is 0.143. The van der Waals surface area contributed by atoms with Crippen LogP contribution in [0.1, 0.15) is 7.43 Å². The van der Waals surface area contributed by atoms with Crippen molar-refractivity contribution in [3.63, 3.8) is 0 Å². The number of anilines is 1. The standard InChI is InChI=1S/C20H15BrCl3N5O2S.CH4/c21-14-11-26-29-19(10-17(28-20(14)29)13-3-1-2-4-15(13)23)25-7-8-27-32(30,31)18-6-5-12(22)9-16(18)24;/h1-6,9-11,25,27H,7-8H2;1H4. The van der Waals surface area contributed by atoms with Crippen molar-refractivity contribution in [1.82, 2.24) is 19.3 Å². The monoisotopic (exact) mass is 589 g/mol. The molecule has 2 heterocycles. The normalized spacial score (nSPS) is 11.4. The van der Waals surface area contributed by atoms with Crippen LogP contribution >= 0.6 is 50.7 Å². The summed E-state index contributed by atoms with van der Waals surface area (Å²) in [6.07, 6.45) is 1.63. The molecule has 7 nitrogen and oxygen atoms in total. The summed E-state index contributed by atoms with van der Waals surface area (Å²) in [5.74, 6) is 0.624. The van der Waals surface area contributed by atoms with Crippen LogP contribution in [0.2, 0.25) is 15.1 Å². The van der Waals surface area contributed by atoms with E-state index in [0.29, 0.717) is 31.7 Å². The van der Waals surface area contributed by atoms with Crippen LogP contribution < -0.4 is 10.0 Å². The quantitative estimate of drug-likeness (QED) is 0.252. The zero-order valence-corrected chi connectivity index (χ0v) is 20.9. The van der Waals surface area contributed by atoms with Gasteiger partial charge in [-0.2, -0.15) is 9.61 Å². The average molecular weight is 592 g/mol. The lowest BCUT2D eigenvalue weighted by molar-refractivity contribution is 0.583. The zero-order valence-electron chi connectivity index (χ0n) is 16.2. The molecule has 4 aromatic rings. The lowest BCUT2D eigenvalue weighted by atomic mass is 10.1. The molecule has 2 aromatic heterocycles. The third kappa shape index (κ3) is 5.62. The van der Waals surface area contributed by atoms with Crippen molar-refractivity contribution >= 4 is 72.2 Å². The van der Waals surface area contributed by atoms with Gasteiger partial charge in [0.1, 0.15) is 10.7 Å². The molecular weight excluding hydrogens is 573 g/mol. The third-order valence-electron chi connectivity index (χ3n) is 4.49. The number of hydrogen-bond donors (Lipinski definition) is 2. The molecule has 0 radical (unpaired) electrons. The fourth-order valence-corrected chi connectivity index (χ4v) is 5.40. The van der Waals surface area contributed by atoms with Crippen molar-refractivity contribution in [3.05, 3.63) is 74.3 Å². The summed E-state index contributed by atoms with van der Waals surface area (Å²) in [5, 5.41) is 8.49. The molecule has 12 heteroatoms. The fourth-order valence-electron chi connectivity index (χ4n) is 3.02. The van der Waals surface area contributed by atoms with Gasteiger partial charge in [-0.15, -0.1) is 0 Å². The summed E-state index contributed by atoms with van der Waals surface area (Å²) in [5.41, 5.74) is 2.02. The Morgan fingerprint density at radius 1 is 1.00 bits per heavy atom. The second kappa shape index (κ2) is 10.6. The summed E-state index contributed by atoms with van der Waals surface area (Å²) in [4.78, 5) is 4.61. The second-order valence-corrected chi connectivity index (χ2v) is 10.5. The van der Waals surface area contributed by atoms with Crippen molar-refractivity contribution in [3.8, 4) is 11.3 Å². The van der Waals surface area contributed by atoms with E-state index < -0.39 is 10.0 Å². The molecule has 0 aliphatic carbocycles. The molecule has 0 saturated carbocycles. The van der Waals surface area contributed by atoms with Crippen molar-refractivity contribution in [2.75, 3.05) is 18.4 Å². The highest BCUT2D eigenvalue weighted by Gasteiger charge is 2.18. The minimum Gasteiger partial charge on any atom is -0.369 e. The number of aromatic nitrogens is 3. The van der Waals surface area contributed by atoms with Crippen LogP contribution in [0.5, 0.6) is 0 Å². The number of hydrogen-bond acceptors (Lipinski definition) is 5. The molecule has 0 spiro atoms. The lowest BCUT2D eigenvalue weighted by Gasteiger charge is -2.13. The Hall–Kier alpha value is -1.88. The Morgan fingerprint density at radius 2 is 1.76 bits per heavy atom. The Bertz CT molecular complexity index is 1410. The minimum atomic E-state index is -3.80. The van der Waals surface area contributed by atoms with Gasteiger partial charge in [0.05, 0.1) is 21.4 Å².